The zero-order chi connectivity index (χ0) is 13.1. The Bertz CT molecular complexity index is 515. The summed E-state index contributed by atoms with van der Waals surface area (Å²) in [7, 11) is 0. The summed E-state index contributed by atoms with van der Waals surface area (Å²) in [6, 6.07) is 5.78. The van der Waals surface area contributed by atoms with Crippen molar-refractivity contribution in [3.63, 3.8) is 0 Å². The molecular formula is C13H17N3O2. The number of aryl methyl sites for hydroxylation is 2. The Morgan fingerprint density at radius 3 is 2.50 bits per heavy atom. The number of benzene rings is 1. The normalized spacial score (nSPS) is 12.4. The van der Waals surface area contributed by atoms with Crippen molar-refractivity contribution in [2.45, 2.75) is 33.4 Å². The van der Waals surface area contributed by atoms with E-state index < -0.39 is 0 Å². The number of rotatable bonds is 4. The third-order valence-electron chi connectivity index (χ3n) is 2.44. The van der Waals surface area contributed by atoms with Gasteiger partial charge in [0.15, 0.2) is 6.61 Å². The van der Waals surface area contributed by atoms with E-state index in [4.69, 9.17) is 15.0 Å². The van der Waals surface area contributed by atoms with E-state index >= 15 is 0 Å². The number of nitrogens with two attached hydrogens (primary N) is 1. The topological polar surface area (TPSA) is 74.2 Å². The van der Waals surface area contributed by atoms with Crippen LogP contribution in [0.5, 0.6) is 5.75 Å². The second kappa shape index (κ2) is 5.18. The van der Waals surface area contributed by atoms with Crippen LogP contribution in [0, 0.1) is 13.8 Å². The lowest BCUT2D eigenvalue weighted by molar-refractivity contribution is 0.284. The van der Waals surface area contributed by atoms with Crippen molar-refractivity contribution in [1.29, 1.82) is 0 Å². The van der Waals surface area contributed by atoms with Crippen molar-refractivity contribution in [2.75, 3.05) is 0 Å². The first-order valence-electron chi connectivity index (χ1n) is 5.84. The van der Waals surface area contributed by atoms with Gasteiger partial charge in [-0.1, -0.05) is 11.2 Å². The van der Waals surface area contributed by atoms with Crippen LogP contribution in [-0.4, -0.2) is 10.1 Å². The summed E-state index contributed by atoms with van der Waals surface area (Å²) in [6.07, 6.45) is 0. The molecule has 18 heavy (non-hydrogen) atoms. The second-order valence-corrected chi connectivity index (χ2v) is 4.45. The first kappa shape index (κ1) is 12.6. The van der Waals surface area contributed by atoms with Crippen LogP contribution in [0.2, 0.25) is 0 Å². The third kappa shape index (κ3) is 3.07. The van der Waals surface area contributed by atoms with Crippen molar-refractivity contribution >= 4 is 0 Å². The number of nitrogens with zero attached hydrogens (tertiary/aromatic N) is 2. The van der Waals surface area contributed by atoms with Gasteiger partial charge in [0.1, 0.15) is 5.75 Å². The molecule has 1 aromatic carbocycles. The van der Waals surface area contributed by atoms with Gasteiger partial charge in [-0.05, 0) is 44.0 Å². The summed E-state index contributed by atoms with van der Waals surface area (Å²) < 4.78 is 10.6. The van der Waals surface area contributed by atoms with Gasteiger partial charge in [-0.15, -0.1) is 0 Å². The van der Waals surface area contributed by atoms with Gasteiger partial charge < -0.3 is 15.0 Å². The highest BCUT2D eigenvalue weighted by atomic mass is 16.5. The van der Waals surface area contributed by atoms with Crippen LogP contribution >= 0.6 is 0 Å². The quantitative estimate of drug-likeness (QED) is 0.897. The summed E-state index contributed by atoms with van der Waals surface area (Å²) >= 11 is 0. The molecule has 0 aliphatic heterocycles. The van der Waals surface area contributed by atoms with Gasteiger partial charge in [0.05, 0.1) is 6.04 Å². The maximum atomic E-state index is 5.64. The Balaban J connectivity index is 2.02. The lowest BCUT2D eigenvalue weighted by Gasteiger charge is -2.05. The smallest absolute Gasteiger partial charge is 0.243 e. The Morgan fingerprint density at radius 2 is 1.94 bits per heavy atom. The first-order valence-corrected chi connectivity index (χ1v) is 5.84. The van der Waals surface area contributed by atoms with Gasteiger partial charge in [0, 0.05) is 0 Å². The number of aromatic nitrogens is 2. The molecular weight excluding hydrogens is 230 g/mol. The molecule has 1 atom stereocenters. The molecule has 0 aliphatic rings. The van der Waals surface area contributed by atoms with Crippen molar-refractivity contribution in [3.8, 4) is 5.75 Å². The van der Waals surface area contributed by atoms with Gasteiger partial charge in [0.25, 0.3) is 0 Å². The molecule has 1 heterocycles. The van der Waals surface area contributed by atoms with Crippen LogP contribution in [-0.2, 0) is 6.61 Å². The van der Waals surface area contributed by atoms with Crippen LogP contribution in [0.25, 0.3) is 0 Å². The number of hydrogen-bond acceptors (Lipinski definition) is 5. The van der Waals surface area contributed by atoms with E-state index in [1.54, 1.807) is 6.92 Å². The van der Waals surface area contributed by atoms with Gasteiger partial charge in [-0.3, -0.25) is 0 Å². The van der Waals surface area contributed by atoms with E-state index in [-0.39, 0.29) is 12.6 Å². The Morgan fingerprint density at radius 1 is 1.28 bits per heavy atom. The maximum Gasteiger partial charge on any atom is 0.243 e. The highest BCUT2D eigenvalue weighted by Gasteiger charge is 2.10. The molecule has 5 nitrogen and oxygen atoms in total. The Kier molecular flexibility index (Phi) is 3.62. The Hall–Kier alpha value is -1.88. The molecule has 0 saturated heterocycles. The first-order chi connectivity index (χ1) is 8.54. The molecule has 0 bridgehead atoms. The van der Waals surface area contributed by atoms with E-state index in [1.165, 1.54) is 0 Å². The van der Waals surface area contributed by atoms with Crippen LogP contribution in [0.3, 0.4) is 0 Å². The molecule has 5 heteroatoms. The fraction of sp³-hybridized carbons (Fsp3) is 0.385. The zero-order valence-corrected chi connectivity index (χ0v) is 10.8. The van der Waals surface area contributed by atoms with Gasteiger partial charge >= 0.3 is 0 Å². The highest BCUT2D eigenvalue weighted by Crippen LogP contribution is 2.17. The van der Waals surface area contributed by atoms with E-state index in [0.717, 1.165) is 16.9 Å². The summed E-state index contributed by atoms with van der Waals surface area (Å²) in [5.74, 6) is 1.73. The molecule has 0 fully saturated rings. The van der Waals surface area contributed by atoms with Gasteiger partial charge in [-0.2, -0.15) is 4.98 Å². The van der Waals surface area contributed by atoms with Crippen LogP contribution in [0.15, 0.2) is 22.7 Å². The van der Waals surface area contributed by atoms with E-state index in [9.17, 15) is 0 Å². The maximum absolute atomic E-state index is 5.64. The minimum absolute atomic E-state index is 0.257. The number of ether oxygens (including phenoxy) is 1. The standard InChI is InChI=1S/C13H17N3O2/c1-8-4-9(2)6-11(5-8)17-7-12-15-13(10(3)14)18-16-12/h4-6,10H,7,14H2,1-3H3. The van der Waals surface area contributed by atoms with Crippen molar-refractivity contribution in [1.82, 2.24) is 10.1 Å². The molecule has 2 N–H and O–H groups in total. The largest absolute Gasteiger partial charge is 0.485 e. The average molecular weight is 247 g/mol. The average Bonchev–Trinajstić information content (AvgIpc) is 2.73. The summed E-state index contributed by atoms with van der Waals surface area (Å²) in [4.78, 5) is 4.14. The second-order valence-electron chi connectivity index (χ2n) is 4.45. The molecule has 0 amide bonds. The molecule has 0 aliphatic carbocycles. The summed E-state index contributed by atoms with van der Waals surface area (Å²) in [6.45, 7) is 6.13. The van der Waals surface area contributed by atoms with Crippen molar-refractivity contribution in [2.24, 2.45) is 5.73 Å². The zero-order valence-electron chi connectivity index (χ0n) is 10.8. The predicted molar refractivity (Wildman–Crippen MR) is 67.1 cm³/mol. The van der Waals surface area contributed by atoms with Gasteiger partial charge in [0.2, 0.25) is 11.7 Å². The SMILES string of the molecule is Cc1cc(C)cc(OCc2noc(C(C)N)n2)c1. The molecule has 2 rings (SSSR count). The molecule has 96 valence electrons. The van der Waals surface area contributed by atoms with Crippen LogP contribution in [0.4, 0.5) is 0 Å². The summed E-state index contributed by atoms with van der Waals surface area (Å²) in [5.41, 5.74) is 7.96. The lowest BCUT2D eigenvalue weighted by Crippen LogP contribution is -2.05. The monoisotopic (exact) mass is 247 g/mol. The third-order valence-corrected chi connectivity index (χ3v) is 2.44. The predicted octanol–water partition coefficient (Wildman–Crippen LogP) is 2.29. The fourth-order valence-corrected chi connectivity index (χ4v) is 1.68. The van der Waals surface area contributed by atoms with Crippen LogP contribution < -0.4 is 10.5 Å². The Labute approximate surface area is 106 Å². The fourth-order valence-electron chi connectivity index (χ4n) is 1.68. The van der Waals surface area contributed by atoms with E-state index in [2.05, 4.69) is 16.2 Å². The lowest BCUT2D eigenvalue weighted by atomic mass is 10.1. The molecule has 0 radical (unpaired) electrons. The highest BCUT2D eigenvalue weighted by molar-refractivity contribution is 5.32. The molecule has 1 aromatic heterocycles. The van der Waals surface area contributed by atoms with E-state index in [1.807, 2.05) is 26.0 Å². The molecule has 1 unspecified atom stereocenters. The minimum atomic E-state index is -0.257. The van der Waals surface area contributed by atoms with Crippen molar-refractivity contribution < 1.29 is 9.26 Å². The minimum Gasteiger partial charge on any atom is -0.485 e. The molecule has 0 spiro atoms. The molecule has 2 aromatic rings. The van der Waals surface area contributed by atoms with Crippen molar-refractivity contribution in [3.05, 3.63) is 41.0 Å². The van der Waals surface area contributed by atoms with Gasteiger partial charge in [-0.25, -0.2) is 0 Å². The molecule has 0 saturated carbocycles. The summed E-state index contributed by atoms with van der Waals surface area (Å²) in [5, 5.41) is 3.81. The van der Waals surface area contributed by atoms with Crippen LogP contribution in [0.1, 0.15) is 35.8 Å². The number of hydrogen-bond donors (Lipinski definition) is 1. The van der Waals surface area contributed by atoms with E-state index in [0.29, 0.717) is 11.7 Å².